The van der Waals surface area contributed by atoms with E-state index in [0.717, 1.165) is 31.7 Å². The Morgan fingerprint density at radius 1 is 1.07 bits per heavy atom. The molecule has 28 heavy (non-hydrogen) atoms. The van der Waals surface area contributed by atoms with Crippen molar-refractivity contribution in [2.45, 2.75) is 38.0 Å². The Labute approximate surface area is 172 Å². The molecule has 1 unspecified atom stereocenters. The highest BCUT2D eigenvalue weighted by Gasteiger charge is 2.18. The van der Waals surface area contributed by atoms with Crippen molar-refractivity contribution in [3.05, 3.63) is 59.2 Å². The number of thioether (sulfide) groups is 1. The average molecular weight is 408 g/mol. The molecule has 4 nitrogen and oxygen atoms in total. The molecule has 4 aromatic rings. The van der Waals surface area contributed by atoms with Crippen molar-refractivity contribution >= 4 is 55.3 Å². The number of benzene rings is 2. The number of hydrogen-bond acceptors (Lipinski definition) is 5. The van der Waals surface area contributed by atoms with Crippen LogP contribution in [0.5, 0.6) is 0 Å². The van der Waals surface area contributed by atoms with Crippen LogP contribution in [-0.4, -0.2) is 21.1 Å². The summed E-state index contributed by atoms with van der Waals surface area (Å²) in [5.41, 5.74) is 5.41. The van der Waals surface area contributed by atoms with Crippen LogP contribution in [0, 0.1) is 20.8 Å². The maximum atomic E-state index is 12.7. The molecule has 1 atom stereocenters. The summed E-state index contributed by atoms with van der Waals surface area (Å²) in [5.74, 6) is -0.0647. The molecule has 0 saturated carbocycles. The van der Waals surface area contributed by atoms with Crippen LogP contribution < -0.4 is 5.32 Å². The zero-order chi connectivity index (χ0) is 19.8. The van der Waals surface area contributed by atoms with Crippen molar-refractivity contribution in [3.63, 3.8) is 0 Å². The van der Waals surface area contributed by atoms with Gasteiger partial charge in [-0.25, -0.2) is 9.97 Å². The maximum Gasteiger partial charge on any atom is 0.239 e. The summed E-state index contributed by atoms with van der Waals surface area (Å²) in [6.45, 7) is 8.10. The quantitative estimate of drug-likeness (QED) is 0.429. The van der Waals surface area contributed by atoms with E-state index in [4.69, 9.17) is 4.98 Å². The van der Waals surface area contributed by atoms with Crippen LogP contribution >= 0.6 is 23.1 Å². The van der Waals surface area contributed by atoms with Gasteiger partial charge in [0.25, 0.3) is 0 Å². The number of aromatic nitrogens is 2. The summed E-state index contributed by atoms with van der Waals surface area (Å²) in [6.07, 6.45) is 0. The number of hydrogen-bond donors (Lipinski definition) is 1. The van der Waals surface area contributed by atoms with Gasteiger partial charge in [-0.2, -0.15) is 0 Å². The highest BCUT2D eigenvalue weighted by atomic mass is 32.2. The molecule has 0 aliphatic heterocycles. The minimum Gasteiger partial charge on any atom is -0.301 e. The third-order valence-electron chi connectivity index (χ3n) is 4.67. The topological polar surface area (TPSA) is 54.9 Å². The lowest BCUT2D eigenvalue weighted by atomic mass is 10.1. The summed E-state index contributed by atoms with van der Waals surface area (Å²) in [4.78, 5) is 22.0. The van der Waals surface area contributed by atoms with Crippen LogP contribution in [0.2, 0.25) is 0 Å². The van der Waals surface area contributed by atoms with E-state index < -0.39 is 0 Å². The first-order valence-corrected chi connectivity index (χ1v) is 10.8. The van der Waals surface area contributed by atoms with E-state index in [0.29, 0.717) is 5.13 Å². The lowest BCUT2D eigenvalue weighted by molar-refractivity contribution is -0.115. The van der Waals surface area contributed by atoms with Gasteiger partial charge >= 0.3 is 0 Å². The minimum atomic E-state index is -0.276. The minimum absolute atomic E-state index is 0.0647. The monoisotopic (exact) mass is 407 g/mol. The first-order chi connectivity index (χ1) is 13.4. The smallest absolute Gasteiger partial charge is 0.239 e. The number of rotatable bonds is 4. The number of aryl methyl sites for hydroxylation is 3. The van der Waals surface area contributed by atoms with Gasteiger partial charge in [0.1, 0.15) is 0 Å². The second kappa shape index (κ2) is 7.53. The molecule has 0 bridgehead atoms. The van der Waals surface area contributed by atoms with Crippen LogP contribution in [0.4, 0.5) is 5.13 Å². The van der Waals surface area contributed by atoms with Crippen LogP contribution in [0.15, 0.2) is 47.5 Å². The summed E-state index contributed by atoms with van der Waals surface area (Å²) in [6, 6.07) is 14.4. The highest BCUT2D eigenvalue weighted by molar-refractivity contribution is 8.00. The van der Waals surface area contributed by atoms with Gasteiger partial charge in [0.2, 0.25) is 5.91 Å². The zero-order valence-corrected chi connectivity index (χ0v) is 17.9. The van der Waals surface area contributed by atoms with Crippen molar-refractivity contribution in [1.82, 2.24) is 9.97 Å². The van der Waals surface area contributed by atoms with Crippen LogP contribution in [0.3, 0.4) is 0 Å². The number of nitrogens with one attached hydrogen (secondary N) is 1. The molecule has 2 aromatic heterocycles. The predicted octanol–water partition coefficient (Wildman–Crippen LogP) is 5.89. The molecule has 0 spiro atoms. The fraction of sp³-hybridized carbons (Fsp3) is 0.227. The van der Waals surface area contributed by atoms with E-state index in [1.807, 2.05) is 19.1 Å². The fourth-order valence-corrected chi connectivity index (χ4v) is 5.00. The van der Waals surface area contributed by atoms with E-state index >= 15 is 0 Å². The molecular formula is C22H21N3OS2. The summed E-state index contributed by atoms with van der Waals surface area (Å²) >= 11 is 2.97. The molecule has 142 valence electrons. The van der Waals surface area contributed by atoms with E-state index in [-0.39, 0.29) is 11.2 Å². The number of fused-ring (bicyclic) bond motifs is 2. The number of thiazole rings is 1. The van der Waals surface area contributed by atoms with E-state index in [1.165, 1.54) is 34.2 Å². The van der Waals surface area contributed by atoms with Crippen molar-refractivity contribution in [3.8, 4) is 0 Å². The SMILES string of the molecule is Cc1ccc2nc(NC(=O)C(C)Sc3cc(C)c4cccc(C)c4n3)sc2c1. The van der Waals surface area contributed by atoms with E-state index in [9.17, 15) is 4.79 Å². The molecule has 0 aliphatic rings. The number of para-hydroxylation sites is 1. The second-order valence-electron chi connectivity index (χ2n) is 6.99. The number of carbonyl (C=O) groups is 1. The third-order valence-corrected chi connectivity index (χ3v) is 6.62. The molecule has 0 fully saturated rings. The van der Waals surface area contributed by atoms with Gasteiger partial charge in [-0.15, -0.1) is 0 Å². The van der Waals surface area contributed by atoms with Gasteiger partial charge in [-0.05, 0) is 62.6 Å². The molecule has 0 saturated heterocycles. The Morgan fingerprint density at radius 3 is 2.71 bits per heavy atom. The summed E-state index contributed by atoms with van der Waals surface area (Å²) < 4.78 is 1.08. The van der Waals surface area contributed by atoms with Crippen LogP contribution in [-0.2, 0) is 4.79 Å². The van der Waals surface area contributed by atoms with Crippen molar-refractivity contribution in [2.24, 2.45) is 0 Å². The number of amides is 1. The first kappa shape index (κ1) is 18.9. The van der Waals surface area contributed by atoms with E-state index in [2.05, 4.69) is 61.4 Å². The molecule has 1 N–H and O–H groups in total. The molecule has 2 aromatic carbocycles. The zero-order valence-electron chi connectivity index (χ0n) is 16.2. The largest absolute Gasteiger partial charge is 0.301 e. The Hall–Kier alpha value is -2.44. The highest BCUT2D eigenvalue weighted by Crippen LogP contribution is 2.30. The predicted molar refractivity (Wildman–Crippen MR) is 120 cm³/mol. The van der Waals surface area contributed by atoms with Gasteiger partial charge in [0.15, 0.2) is 5.13 Å². The first-order valence-electron chi connectivity index (χ1n) is 9.12. The number of nitrogens with zero attached hydrogens (tertiary/aromatic N) is 2. The Morgan fingerprint density at radius 2 is 1.89 bits per heavy atom. The third kappa shape index (κ3) is 3.75. The van der Waals surface area contributed by atoms with Crippen LogP contribution in [0.1, 0.15) is 23.6 Å². The fourth-order valence-electron chi connectivity index (χ4n) is 3.12. The molecule has 0 radical (unpaired) electrons. The van der Waals surface area contributed by atoms with Gasteiger partial charge in [0.05, 0.1) is 26.0 Å². The normalized spacial score (nSPS) is 12.4. The Bertz CT molecular complexity index is 1200. The molecule has 4 rings (SSSR count). The maximum absolute atomic E-state index is 12.7. The Kier molecular flexibility index (Phi) is 5.08. The number of carbonyl (C=O) groups excluding carboxylic acids is 1. The van der Waals surface area contributed by atoms with Gasteiger partial charge in [-0.3, -0.25) is 4.79 Å². The van der Waals surface area contributed by atoms with E-state index in [1.54, 1.807) is 0 Å². The Balaban J connectivity index is 1.52. The second-order valence-corrected chi connectivity index (χ2v) is 9.38. The number of anilines is 1. The average Bonchev–Trinajstić information content (AvgIpc) is 3.04. The van der Waals surface area contributed by atoms with Crippen molar-refractivity contribution in [1.29, 1.82) is 0 Å². The van der Waals surface area contributed by atoms with Crippen LogP contribution in [0.25, 0.3) is 21.1 Å². The number of pyridine rings is 1. The lowest BCUT2D eigenvalue weighted by Gasteiger charge is -2.12. The molecule has 1 amide bonds. The standard InChI is InChI=1S/C22H21N3OS2/c1-12-8-9-17-18(10-12)28-22(23-17)25-21(26)15(4)27-19-11-14(3)16-7-5-6-13(2)20(16)24-19/h5-11,15H,1-4H3,(H,23,25,26). The van der Waals surface area contributed by atoms with Crippen molar-refractivity contribution in [2.75, 3.05) is 5.32 Å². The molecular weight excluding hydrogens is 386 g/mol. The molecule has 0 aliphatic carbocycles. The van der Waals surface area contributed by atoms with Crippen molar-refractivity contribution < 1.29 is 4.79 Å². The van der Waals surface area contributed by atoms with Gasteiger partial charge < -0.3 is 5.32 Å². The molecule has 2 heterocycles. The summed E-state index contributed by atoms with van der Waals surface area (Å²) in [5, 5.41) is 5.34. The molecule has 6 heteroatoms. The lowest BCUT2D eigenvalue weighted by Crippen LogP contribution is -2.22. The summed E-state index contributed by atoms with van der Waals surface area (Å²) in [7, 11) is 0. The van der Waals surface area contributed by atoms with Gasteiger partial charge in [-0.1, -0.05) is 47.4 Å². The van der Waals surface area contributed by atoms with Gasteiger partial charge in [0, 0.05) is 5.39 Å².